The quantitative estimate of drug-likeness (QED) is 0.263. The number of halogens is 5. The number of rotatable bonds is 7. The lowest BCUT2D eigenvalue weighted by Gasteiger charge is -2.18. The second-order valence-corrected chi connectivity index (χ2v) is 7.35. The van der Waals surface area contributed by atoms with Gasteiger partial charge in [0.1, 0.15) is 11.2 Å². The molecule has 0 unspecified atom stereocenters. The molecule has 0 spiro atoms. The minimum absolute atomic E-state index is 0.0207. The topological polar surface area (TPSA) is 68.6 Å². The van der Waals surface area contributed by atoms with E-state index < -0.39 is 63.2 Å². The summed E-state index contributed by atoms with van der Waals surface area (Å²) in [5.41, 5.74) is -2.26. The maximum absolute atomic E-state index is 14.0. The average molecular weight is 478 g/mol. The number of carbonyl (C=O) groups is 2. The summed E-state index contributed by atoms with van der Waals surface area (Å²) in [5, 5.41) is 0. The van der Waals surface area contributed by atoms with Crippen LogP contribution in [-0.4, -0.2) is 41.0 Å². The number of amides is 1. The van der Waals surface area contributed by atoms with Gasteiger partial charge in [-0.1, -0.05) is 0 Å². The van der Waals surface area contributed by atoms with Gasteiger partial charge < -0.3 is 9.64 Å². The molecule has 0 aliphatic rings. The Bertz CT molecular complexity index is 1190. The van der Waals surface area contributed by atoms with Gasteiger partial charge in [0.2, 0.25) is 11.7 Å². The molecule has 0 saturated heterocycles. The molecule has 0 saturated carbocycles. The van der Waals surface area contributed by atoms with Gasteiger partial charge in [-0.05, 0) is 26.8 Å². The fraction of sp³-hybridized carbons (Fsp3) is 0.350. The highest BCUT2D eigenvalue weighted by molar-refractivity contribution is 7.07. The summed E-state index contributed by atoms with van der Waals surface area (Å²) < 4.78 is 73.5. The SMILES string of the molecule is CCOC(=O)/C=c1\s/c(=C\c2c(F)c(F)c(F)c(F)c2F)c(=O)n1CC(=O)N(CC)CC. The van der Waals surface area contributed by atoms with Crippen LogP contribution in [0.4, 0.5) is 22.0 Å². The first-order valence-electron chi connectivity index (χ1n) is 9.46. The van der Waals surface area contributed by atoms with Crippen LogP contribution < -0.4 is 14.8 Å². The van der Waals surface area contributed by atoms with Gasteiger partial charge in [0.15, 0.2) is 23.3 Å². The summed E-state index contributed by atoms with van der Waals surface area (Å²) in [6, 6.07) is 0. The Morgan fingerprint density at radius 3 is 2.00 bits per heavy atom. The first-order chi connectivity index (χ1) is 15.1. The zero-order valence-electron chi connectivity index (χ0n) is 17.3. The highest BCUT2D eigenvalue weighted by Crippen LogP contribution is 2.23. The highest BCUT2D eigenvalue weighted by atomic mass is 32.1. The molecule has 2 rings (SSSR count). The standard InChI is InChI=1S/C20H19F5N2O4S/c1-4-26(5-2)12(28)9-27-13(8-14(29)31-6-3)32-11(20(27)30)7-10-15(21)17(23)19(25)18(24)16(10)22/h7-8H,4-6,9H2,1-3H3/b11-7-,13-8-. The van der Waals surface area contributed by atoms with Crippen LogP contribution in [0.15, 0.2) is 4.79 Å². The molecule has 174 valence electrons. The largest absolute Gasteiger partial charge is 0.463 e. The second-order valence-electron chi connectivity index (χ2n) is 6.29. The number of benzene rings is 1. The number of carbonyl (C=O) groups excluding carboxylic acids is 2. The first kappa shape index (κ1) is 25.2. The Hall–Kier alpha value is -3.02. The molecule has 1 aromatic heterocycles. The fourth-order valence-electron chi connectivity index (χ4n) is 2.77. The summed E-state index contributed by atoms with van der Waals surface area (Å²) in [5.74, 6) is -12.2. The van der Waals surface area contributed by atoms with Crippen LogP contribution in [0, 0.1) is 29.1 Å². The number of nitrogens with zero attached hydrogens (tertiary/aromatic N) is 2. The molecule has 0 aliphatic carbocycles. The van der Waals surface area contributed by atoms with Gasteiger partial charge in [-0.3, -0.25) is 14.2 Å². The lowest BCUT2D eigenvalue weighted by molar-refractivity contribution is -0.135. The minimum atomic E-state index is -2.33. The molecule has 0 atom stereocenters. The zero-order chi connectivity index (χ0) is 24.2. The summed E-state index contributed by atoms with van der Waals surface area (Å²) in [4.78, 5) is 38.5. The van der Waals surface area contributed by atoms with Crippen molar-refractivity contribution in [1.29, 1.82) is 0 Å². The third-order valence-electron chi connectivity index (χ3n) is 4.39. The molecular weight excluding hydrogens is 459 g/mol. The number of hydrogen-bond acceptors (Lipinski definition) is 5. The van der Waals surface area contributed by atoms with E-state index in [2.05, 4.69) is 0 Å². The number of esters is 1. The minimum Gasteiger partial charge on any atom is -0.463 e. The van der Waals surface area contributed by atoms with Crippen molar-refractivity contribution < 1.29 is 36.3 Å². The maximum Gasteiger partial charge on any atom is 0.333 e. The van der Waals surface area contributed by atoms with E-state index in [4.69, 9.17) is 4.74 Å². The molecule has 6 nitrogen and oxygen atoms in total. The van der Waals surface area contributed by atoms with Gasteiger partial charge in [-0.15, -0.1) is 11.3 Å². The van der Waals surface area contributed by atoms with Gasteiger partial charge in [0, 0.05) is 13.1 Å². The van der Waals surface area contributed by atoms with Crippen LogP contribution in [0.5, 0.6) is 0 Å². The summed E-state index contributed by atoms with van der Waals surface area (Å²) in [6.45, 7) is 5.17. The Kier molecular flexibility index (Phi) is 8.31. The van der Waals surface area contributed by atoms with Crippen LogP contribution >= 0.6 is 11.3 Å². The van der Waals surface area contributed by atoms with Crippen LogP contribution in [0.3, 0.4) is 0 Å². The second kappa shape index (κ2) is 10.5. The van der Waals surface area contributed by atoms with Gasteiger partial charge >= 0.3 is 5.97 Å². The normalized spacial score (nSPS) is 12.4. The van der Waals surface area contributed by atoms with E-state index in [-0.39, 0.29) is 11.3 Å². The van der Waals surface area contributed by atoms with Gasteiger partial charge in [-0.2, -0.15) is 0 Å². The molecule has 0 N–H and O–H groups in total. The maximum atomic E-state index is 14.0. The number of hydrogen-bond donors (Lipinski definition) is 0. The van der Waals surface area contributed by atoms with E-state index in [0.717, 1.165) is 10.6 Å². The molecule has 1 heterocycles. The van der Waals surface area contributed by atoms with Crippen molar-refractivity contribution in [3.05, 3.63) is 54.2 Å². The monoisotopic (exact) mass is 478 g/mol. The molecule has 1 amide bonds. The van der Waals surface area contributed by atoms with Crippen LogP contribution in [-0.2, 0) is 20.9 Å². The number of likely N-dealkylation sites (N-methyl/N-ethyl adjacent to an activating group) is 1. The molecule has 0 radical (unpaired) electrons. The van der Waals surface area contributed by atoms with E-state index in [1.54, 1.807) is 20.8 Å². The number of aromatic nitrogens is 1. The van der Waals surface area contributed by atoms with Gasteiger partial charge in [-0.25, -0.2) is 26.7 Å². The third-order valence-corrected chi connectivity index (χ3v) is 5.45. The fourth-order valence-corrected chi connectivity index (χ4v) is 3.78. The van der Waals surface area contributed by atoms with E-state index in [1.165, 1.54) is 4.90 Å². The Labute approximate surface area is 182 Å². The van der Waals surface area contributed by atoms with Crippen molar-refractivity contribution in [2.75, 3.05) is 19.7 Å². The Morgan fingerprint density at radius 2 is 1.50 bits per heavy atom. The summed E-state index contributed by atoms with van der Waals surface area (Å²) in [6.07, 6.45) is 1.39. The first-order valence-corrected chi connectivity index (χ1v) is 10.3. The number of ether oxygens (including phenoxy) is 1. The predicted octanol–water partition coefficient (Wildman–Crippen LogP) is 1.65. The number of thiazole rings is 1. The lowest BCUT2D eigenvalue weighted by Crippen LogP contribution is -2.40. The highest BCUT2D eigenvalue weighted by Gasteiger charge is 2.25. The summed E-state index contributed by atoms with van der Waals surface area (Å²) in [7, 11) is 0. The summed E-state index contributed by atoms with van der Waals surface area (Å²) >= 11 is 0.533. The Balaban J connectivity index is 2.77. The zero-order valence-corrected chi connectivity index (χ0v) is 18.1. The molecule has 0 fully saturated rings. The molecular formula is C20H19F5N2O4S. The Morgan fingerprint density at radius 1 is 0.969 bits per heavy atom. The molecule has 32 heavy (non-hydrogen) atoms. The van der Waals surface area contributed by atoms with Crippen LogP contribution in [0.25, 0.3) is 12.2 Å². The molecule has 1 aromatic carbocycles. The van der Waals surface area contributed by atoms with E-state index in [9.17, 15) is 36.3 Å². The molecule has 12 heteroatoms. The van der Waals surface area contributed by atoms with Gasteiger partial charge in [0.25, 0.3) is 5.56 Å². The molecule has 2 aromatic rings. The van der Waals surface area contributed by atoms with Crippen molar-refractivity contribution in [2.45, 2.75) is 27.3 Å². The van der Waals surface area contributed by atoms with Crippen molar-refractivity contribution in [2.24, 2.45) is 0 Å². The van der Waals surface area contributed by atoms with Gasteiger partial charge in [0.05, 0.1) is 22.8 Å². The van der Waals surface area contributed by atoms with Crippen LogP contribution in [0.1, 0.15) is 26.3 Å². The smallest absolute Gasteiger partial charge is 0.333 e. The van der Waals surface area contributed by atoms with Crippen LogP contribution in [0.2, 0.25) is 0 Å². The van der Waals surface area contributed by atoms with E-state index in [0.29, 0.717) is 30.5 Å². The van der Waals surface area contributed by atoms with Crippen molar-refractivity contribution in [3.8, 4) is 0 Å². The average Bonchev–Trinajstić information content (AvgIpc) is 3.03. The molecule has 0 bridgehead atoms. The van der Waals surface area contributed by atoms with E-state index in [1.807, 2.05) is 0 Å². The molecule has 0 aliphatic heterocycles. The predicted molar refractivity (Wildman–Crippen MR) is 107 cm³/mol. The lowest BCUT2D eigenvalue weighted by atomic mass is 10.1. The van der Waals surface area contributed by atoms with Crippen molar-refractivity contribution in [3.63, 3.8) is 0 Å². The van der Waals surface area contributed by atoms with Crippen molar-refractivity contribution in [1.82, 2.24) is 9.47 Å². The van der Waals surface area contributed by atoms with Crippen molar-refractivity contribution >= 4 is 35.4 Å². The third kappa shape index (κ3) is 5.06. The van der Waals surface area contributed by atoms with E-state index >= 15 is 0 Å².